The van der Waals surface area contributed by atoms with Gasteiger partial charge in [0.15, 0.2) is 6.61 Å². The molecule has 0 aliphatic heterocycles. The highest BCUT2D eigenvalue weighted by Gasteiger charge is 2.20. The molecule has 1 N–H and O–H groups in total. The molecule has 0 amide bonds. The van der Waals surface area contributed by atoms with Gasteiger partial charge in [0.2, 0.25) is 5.78 Å². The maximum atomic E-state index is 12.6. The lowest BCUT2D eigenvalue weighted by Gasteiger charge is -2.09. The van der Waals surface area contributed by atoms with Crippen LogP contribution in [-0.4, -0.2) is 35.1 Å². The molecular formula is C21H21NO6. The Hall–Kier alpha value is -3.48. The molecule has 7 nitrogen and oxygen atoms in total. The molecule has 0 aliphatic carbocycles. The van der Waals surface area contributed by atoms with Crippen molar-refractivity contribution in [3.8, 4) is 11.5 Å². The van der Waals surface area contributed by atoms with Crippen LogP contribution in [0.4, 0.5) is 0 Å². The SMILES string of the molecule is COc1ccc(O)c(C(=O)OCC(=O)c2cc(C)n(Cc3ccco3)c2C)c1. The summed E-state index contributed by atoms with van der Waals surface area (Å²) in [7, 11) is 1.45. The van der Waals surface area contributed by atoms with Crippen LogP contribution in [0, 0.1) is 13.8 Å². The summed E-state index contributed by atoms with van der Waals surface area (Å²) < 4.78 is 17.5. The fourth-order valence-electron chi connectivity index (χ4n) is 2.98. The fraction of sp³-hybridized carbons (Fsp3) is 0.238. The van der Waals surface area contributed by atoms with Crippen molar-refractivity contribution in [2.75, 3.05) is 13.7 Å². The smallest absolute Gasteiger partial charge is 0.342 e. The average molecular weight is 383 g/mol. The number of aromatic nitrogens is 1. The van der Waals surface area contributed by atoms with Crippen LogP contribution in [0.15, 0.2) is 47.1 Å². The Balaban J connectivity index is 1.71. The van der Waals surface area contributed by atoms with Crippen LogP contribution in [-0.2, 0) is 11.3 Å². The molecule has 3 rings (SSSR count). The molecule has 0 bridgehead atoms. The van der Waals surface area contributed by atoms with Crippen LogP contribution >= 0.6 is 0 Å². The third kappa shape index (κ3) is 3.93. The van der Waals surface area contributed by atoms with Gasteiger partial charge in [-0.2, -0.15) is 0 Å². The molecule has 0 saturated carbocycles. The van der Waals surface area contributed by atoms with E-state index < -0.39 is 12.6 Å². The summed E-state index contributed by atoms with van der Waals surface area (Å²) in [4.78, 5) is 24.8. The molecule has 7 heteroatoms. The zero-order valence-corrected chi connectivity index (χ0v) is 15.9. The Morgan fingerprint density at radius 3 is 2.61 bits per heavy atom. The second kappa shape index (κ2) is 8.04. The Bertz CT molecular complexity index is 1000. The molecule has 0 atom stereocenters. The normalized spacial score (nSPS) is 10.7. The second-order valence-electron chi connectivity index (χ2n) is 6.33. The van der Waals surface area contributed by atoms with Crippen LogP contribution in [0.3, 0.4) is 0 Å². The van der Waals surface area contributed by atoms with E-state index in [1.807, 2.05) is 30.5 Å². The Kier molecular flexibility index (Phi) is 5.54. The van der Waals surface area contributed by atoms with Crippen LogP contribution < -0.4 is 4.74 Å². The third-order valence-electron chi connectivity index (χ3n) is 4.53. The van der Waals surface area contributed by atoms with Gasteiger partial charge in [-0.3, -0.25) is 4.79 Å². The lowest BCUT2D eigenvalue weighted by Crippen LogP contribution is -2.15. The number of benzene rings is 1. The molecule has 1 aromatic carbocycles. The number of rotatable bonds is 7. The number of hydrogen-bond acceptors (Lipinski definition) is 6. The van der Waals surface area contributed by atoms with Crippen molar-refractivity contribution in [1.82, 2.24) is 4.57 Å². The Morgan fingerprint density at radius 1 is 1.14 bits per heavy atom. The second-order valence-corrected chi connectivity index (χ2v) is 6.33. The number of carbonyl (C=O) groups excluding carboxylic acids is 2. The summed E-state index contributed by atoms with van der Waals surface area (Å²) in [6.45, 7) is 3.81. The summed E-state index contributed by atoms with van der Waals surface area (Å²) in [5, 5.41) is 9.84. The minimum Gasteiger partial charge on any atom is -0.507 e. The number of methoxy groups -OCH3 is 1. The van der Waals surface area contributed by atoms with E-state index in [2.05, 4.69) is 0 Å². The van der Waals surface area contributed by atoms with Crippen LogP contribution in [0.5, 0.6) is 11.5 Å². The van der Waals surface area contributed by atoms with Crippen molar-refractivity contribution in [3.05, 3.63) is 70.9 Å². The van der Waals surface area contributed by atoms with Crippen LogP contribution in [0.2, 0.25) is 0 Å². The van der Waals surface area contributed by atoms with E-state index in [0.717, 1.165) is 17.1 Å². The number of hydrogen-bond donors (Lipinski definition) is 1. The van der Waals surface area contributed by atoms with Gasteiger partial charge in [-0.25, -0.2) is 4.79 Å². The lowest BCUT2D eigenvalue weighted by molar-refractivity contribution is 0.0471. The number of phenolic OH excluding ortho intramolecular Hbond substituents is 1. The number of furan rings is 1. The molecule has 0 radical (unpaired) electrons. The first kappa shape index (κ1) is 19.3. The minimum absolute atomic E-state index is 0.0598. The van der Waals surface area contributed by atoms with Gasteiger partial charge in [-0.05, 0) is 50.2 Å². The van der Waals surface area contributed by atoms with Gasteiger partial charge in [0.05, 0.1) is 19.9 Å². The van der Waals surface area contributed by atoms with Gasteiger partial charge in [-0.15, -0.1) is 0 Å². The average Bonchev–Trinajstić information content (AvgIpc) is 3.30. The molecule has 146 valence electrons. The molecule has 0 saturated heterocycles. The van der Waals surface area contributed by atoms with E-state index in [4.69, 9.17) is 13.9 Å². The highest BCUT2D eigenvalue weighted by atomic mass is 16.5. The van der Waals surface area contributed by atoms with E-state index in [0.29, 0.717) is 17.9 Å². The number of Topliss-reactive ketones (excluding diaryl/α,β-unsaturated/α-hetero) is 1. The molecular weight excluding hydrogens is 362 g/mol. The number of ether oxygens (including phenoxy) is 2. The van der Waals surface area contributed by atoms with Crippen LogP contribution in [0.1, 0.15) is 37.9 Å². The number of ketones is 1. The number of aromatic hydroxyl groups is 1. The van der Waals surface area contributed by atoms with E-state index in [-0.39, 0.29) is 17.1 Å². The van der Waals surface area contributed by atoms with Crippen molar-refractivity contribution < 1.29 is 28.6 Å². The van der Waals surface area contributed by atoms with E-state index in [9.17, 15) is 14.7 Å². The number of aryl methyl sites for hydroxylation is 1. The fourth-order valence-corrected chi connectivity index (χ4v) is 2.98. The van der Waals surface area contributed by atoms with E-state index in [1.165, 1.54) is 25.3 Å². The highest BCUT2D eigenvalue weighted by Crippen LogP contribution is 2.24. The first-order valence-electron chi connectivity index (χ1n) is 8.67. The van der Waals surface area contributed by atoms with Crippen molar-refractivity contribution in [1.29, 1.82) is 0 Å². The van der Waals surface area contributed by atoms with E-state index in [1.54, 1.807) is 12.3 Å². The molecule has 3 aromatic rings. The van der Waals surface area contributed by atoms with Gasteiger partial charge in [0, 0.05) is 17.0 Å². The first-order chi connectivity index (χ1) is 13.4. The Morgan fingerprint density at radius 2 is 1.93 bits per heavy atom. The van der Waals surface area contributed by atoms with Crippen molar-refractivity contribution in [2.45, 2.75) is 20.4 Å². The summed E-state index contributed by atoms with van der Waals surface area (Å²) in [5.41, 5.74) is 2.08. The molecule has 2 heterocycles. The largest absolute Gasteiger partial charge is 0.507 e. The summed E-state index contributed by atoms with van der Waals surface area (Å²) in [6.07, 6.45) is 1.60. The topological polar surface area (TPSA) is 90.9 Å². The maximum Gasteiger partial charge on any atom is 0.342 e. The number of phenols is 1. The molecule has 0 fully saturated rings. The summed E-state index contributed by atoms with van der Waals surface area (Å²) >= 11 is 0. The third-order valence-corrected chi connectivity index (χ3v) is 4.53. The zero-order valence-electron chi connectivity index (χ0n) is 15.9. The first-order valence-corrected chi connectivity index (χ1v) is 8.67. The predicted octanol–water partition coefficient (Wildman–Crippen LogP) is 3.50. The molecule has 0 spiro atoms. The van der Waals surface area contributed by atoms with Crippen molar-refractivity contribution in [2.24, 2.45) is 0 Å². The lowest BCUT2D eigenvalue weighted by atomic mass is 10.1. The van der Waals surface area contributed by atoms with Crippen LogP contribution in [0.25, 0.3) is 0 Å². The monoisotopic (exact) mass is 383 g/mol. The van der Waals surface area contributed by atoms with Gasteiger partial charge in [0.25, 0.3) is 0 Å². The quantitative estimate of drug-likeness (QED) is 0.496. The van der Waals surface area contributed by atoms with Crippen molar-refractivity contribution in [3.63, 3.8) is 0 Å². The summed E-state index contributed by atoms with van der Waals surface area (Å²) in [5.74, 6) is -0.183. The Labute approximate surface area is 162 Å². The molecule has 0 unspecified atom stereocenters. The standard InChI is InChI=1S/C21H21NO6/c1-13-9-17(14(2)22(13)11-16-5-4-8-27-16)20(24)12-28-21(25)18-10-15(26-3)6-7-19(18)23/h4-10,23H,11-12H2,1-3H3. The van der Waals surface area contributed by atoms with Crippen molar-refractivity contribution >= 4 is 11.8 Å². The maximum absolute atomic E-state index is 12.6. The highest BCUT2D eigenvalue weighted by molar-refractivity contribution is 6.01. The number of carbonyl (C=O) groups is 2. The summed E-state index contributed by atoms with van der Waals surface area (Å²) in [6, 6.07) is 9.64. The minimum atomic E-state index is -0.797. The number of nitrogens with zero attached hydrogens (tertiary/aromatic N) is 1. The zero-order chi connectivity index (χ0) is 20.3. The van der Waals surface area contributed by atoms with E-state index >= 15 is 0 Å². The predicted molar refractivity (Wildman–Crippen MR) is 101 cm³/mol. The van der Waals surface area contributed by atoms with Gasteiger partial charge in [0.1, 0.15) is 22.8 Å². The molecule has 28 heavy (non-hydrogen) atoms. The number of esters is 1. The van der Waals surface area contributed by atoms with Gasteiger partial charge < -0.3 is 23.6 Å². The van der Waals surface area contributed by atoms with Gasteiger partial charge in [-0.1, -0.05) is 0 Å². The van der Waals surface area contributed by atoms with Gasteiger partial charge >= 0.3 is 5.97 Å². The molecule has 2 aromatic heterocycles. The molecule has 0 aliphatic rings.